The van der Waals surface area contributed by atoms with Crippen molar-refractivity contribution >= 4 is 36.1 Å². The molecule has 2 aliphatic heterocycles. The normalized spacial score (nSPS) is 25.5. The van der Waals surface area contributed by atoms with Crippen LogP contribution in [0.4, 0.5) is 0 Å². The summed E-state index contributed by atoms with van der Waals surface area (Å²) in [5, 5.41) is 23.6. The summed E-state index contributed by atoms with van der Waals surface area (Å²) in [6.07, 6.45) is -6.42. The van der Waals surface area contributed by atoms with E-state index in [1.807, 2.05) is 39.0 Å². The number of ether oxygens (including phenoxy) is 11. The summed E-state index contributed by atoms with van der Waals surface area (Å²) >= 11 is 0. The maximum Gasteiger partial charge on any atom is 0.338 e. The van der Waals surface area contributed by atoms with Crippen LogP contribution in [0.3, 0.4) is 0 Å². The molecule has 2 saturated carbocycles. The highest BCUT2D eigenvalue weighted by atomic mass is 16.8. The van der Waals surface area contributed by atoms with Gasteiger partial charge in [-0.15, -0.1) is 0 Å². The van der Waals surface area contributed by atoms with E-state index in [1.165, 1.54) is 24.3 Å². The number of aromatic hydroxyl groups is 2. The lowest BCUT2D eigenvalue weighted by Gasteiger charge is -2.49. The quantitative estimate of drug-likeness (QED) is 0.0182. The number of carbonyl (C=O) groups is 6. The van der Waals surface area contributed by atoms with Crippen LogP contribution >= 0.6 is 0 Å². The zero-order valence-corrected chi connectivity index (χ0v) is 50.7. The highest BCUT2D eigenvalue weighted by Gasteiger charge is 2.56. The number of rotatable bonds is 28. The van der Waals surface area contributed by atoms with E-state index in [1.54, 1.807) is 84.9 Å². The molecular weight excluding hydrogens is 1160 g/mol. The molecule has 90 heavy (non-hydrogen) atoms. The predicted octanol–water partition coefficient (Wildman–Crippen LogP) is 9.11. The zero-order chi connectivity index (χ0) is 63.4. The van der Waals surface area contributed by atoms with Gasteiger partial charge in [-0.3, -0.25) is 4.79 Å². The smallest absolute Gasteiger partial charge is 0.338 e. The van der Waals surface area contributed by atoms with E-state index < -0.39 is 139 Å². The summed E-state index contributed by atoms with van der Waals surface area (Å²) in [7, 11) is 0. The summed E-state index contributed by atoms with van der Waals surface area (Å²) in [5.74, 6) is -6.09. The molecule has 22 heteroatoms. The van der Waals surface area contributed by atoms with E-state index in [0.717, 1.165) is 44.6 Å². The molecule has 9 rings (SSSR count). The SMILES string of the molecule is CCCCOC1=CC(OCCCC)C(C)OC1OC1C(NC(=O)c2cc(O)nc(O)n2)CC(C=O)CC1OC1OC(COC(=O)c2ccccc2)C(OC(=O)c2ccccc2)C(OC(C(=O)OCc2ccccc2)C2CCCCC2)C1OC(=O)c1ccccc1. The van der Waals surface area contributed by atoms with Gasteiger partial charge in [0, 0.05) is 18.6 Å². The van der Waals surface area contributed by atoms with Crippen molar-refractivity contribution in [2.24, 2.45) is 11.8 Å². The van der Waals surface area contributed by atoms with E-state index in [2.05, 4.69) is 15.3 Å². The second kappa shape index (κ2) is 33.1. The number of aldehydes is 1. The average Bonchev–Trinajstić information content (AvgIpc) is 0.817. The molecule has 3 N–H and O–H groups in total. The lowest BCUT2D eigenvalue weighted by molar-refractivity contribution is -0.335. The largest absolute Gasteiger partial charge is 0.493 e. The van der Waals surface area contributed by atoms with Gasteiger partial charge in [0.2, 0.25) is 12.2 Å². The highest BCUT2D eigenvalue weighted by Crippen LogP contribution is 2.40. The summed E-state index contributed by atoms with van der Waals surface area (Å²) in [6.45, 7) is 5.79. The second-order valence-electron chi connectivity index (χ2n) is 22.8. The first-order valence-corrected chi connectivity index (χ1v) is 31.0. The average molecular weight is 1240 g/mol. The van der Waals surface area contributed by atoms with E-state index in [9.17, 15) is 39.0 Å². The number of nitrogens with one attached hydrogen (secondary N) is 1. The molecule has 480 valence electrons. The number of nitrogens with zero attached hydrogens (tertiary/aromatic N) is 2. The van der Waals surface area contributed by atoms with Crippen LogP contribution in [0, 0.1) is 11.8 Å². The summed E-state index contributed by atoms with van der Waals surface area (Å²) < 4.78 is 72.8. The van der Waals surface area contributed by atoms with Gasteiger partial charge in [0.15, 0.2) is 30.4 Å². The summed E-state index contributed by atoms with van der Waals surface area (Å²) in [4.78, 5) is 93.5. The Morgan fingerprint density at radius 1 is 0.689 bits per heavy atom. The standard InChI is InChI=1S/C68H79N3O19/c1-4-6-33-80-51-38-53(81-34-7-5-2)66(84-42(51)3)90-57-49(69-61(74)50-37-55(73)71-68(79)70-50)35-44(39-72)36-52(57)85-67-60(89-64(77)48-31-21-12-22-32-48)59(87-56(45-25-15-9-16-26-45)65(78)82-40-43-23-13-8-14-24-43)58(88-63(76)47-29-19-11-20-30-47)54(86-67)41-83-62(75)46-27-17-10-18-28-46/h8,10-14,17-24,27-32,37-39,42,44-45,49,51-52,54,56-60,66-67H,4-7,9,15-16,25-26,33-36,40-41H2,1-3H3,(H,69,74)(H2,70,71,73,79). The van der Waals surface area contributed by atoms with Crippen molar-refractivity contribution in [3.63, 3.8) is 0 Å². The molecule has 22 nitrogen and oxygen atoms in total. The lowest BCUT2D eigenvalue weighted by atomic mass is 9.82. The lowest BCUT2D eigenvalue weighted by Crippen LogP contribution is -2.65. The number of unbranched alkanes of at least 4 members (excludes halogenated alkanes) is 2. The highest BCUT2D eigenvalue weighted by molar-refractivity contribution is 5.93. The molecule has 13 atom stereocenters. The van der Waals surface area contributed by atoms with Gasteiger partial charge < -0.3 is 72.4 Å². The van der Waals surface area contributed by atoms with Gasteiger partial charge in [-0.05, 0) is 99.4 Å². The number of hydrogen-bond acceptors (Lipinski definition) is 21. The van der Waals surface area contributed by atoms with Crippen molar-refractivity contribution in [1.29, 1.82) is 0 Å². The summed E-state index contributed by atoms with van der Waals surface area (Å²) in [5.41, 5.74) is 0.607. The fourth-order valence-corrected chi connectivity index (χ4v) is 11.4. The van der Waals surface area contributed by atoms with Crippen LogP contribution in [0.25, 0.3) is 0 Å². The van der Waals surface area contributed by atoms with Gasteiger partial charge in [-0.1, -0.05) is 131 Å². The van der Waals surface area contributed by atoms with Crippen molar-refractivity contribution in [3.8, 4) is 11.9 Å². The second-order valence-corrected chi connectivity index (χ2v) is 22.8. The monoisotopic (exact) mass is 1240 g/mol. The van der Waals surface area contributed by atoms with Crippen LogP contribution < -0.4 is 5.32 Å². The minimum absolute atomic E-state index is 0.0724. The zero-order valence-electron chi connectivity index (χ0n) is 50.7. The Balaban J connectivity index is 1.18. The number of carbonyl (C=O) groups excluding carboxylic acids is 6. The molecule has 0 spiro atoms. The number of hydrogen-bond donors (Lipinski definition) is 3. The molecule has 2 aliphatic carbocycles. The molecule has 1 aromatic heterocycles. The Morgan fingerprint density at radius 2 is 1.30 bits per heavy atom. The predicted molar refractivity (Wildman–Crippen MR) is 321 cm³/mol. The third-order valence-electron chi connectivity index (χ3n) is 16.1. The fraction of sp³-hybridized carbons (Fsp3) is 0.471. The number of esters is 4. The number of amides is 1. The molecule has 0 bridgehead atoms. The van der Waals surface area contributed by atoms with Crippen molar-refractivity contribution < 1.29 is 91.1 Å². The van der Waals surface area contributed by atoms with Gasteiger partial charge in [-0.25, -0.2) is 19.2 Å². The van der Waals surface area contributed by atoms with Crippen molar-refractivity contribution in [2.75, 3.05) is 19.8 Å². The van der Waals surface area contributed by atoms with E-state index in [-0.39, 0.29) is 48.5 Å². The van der Waals surface area contributed by atoms with Crippen molar-refractivity contribution in [3.05, 3.63) is 167 Å². The molecule has 4 aliphatic rings. The Kier molecular flexibility index (Phi) is 24.4. The molecule has 3 fully saturated rings. The summed E-state index contributed by atoms with van der Waals surface area (Å²) in [6, 6.07) is 32.1. The number of aromatic nitrogens is 2. The third-order valence-corrected chi connectivity index (χ3v) is 16.1. The van der Waals surface area contributed by atoms with Crippen LogP contribution in [0.1, 0.15) is 139 Å². The first-order valence-electron chi connectivity index (χ1n) is 31.0. The Morgan fingerprint density at radius 3 is 1.92 bits per heavy atom. The van der Waals surface area contributed by atoms with Crippen LogP contribution in [-0.2, 0) is 68.3 Å². The van der Waals surface area contributed by atoms with Gasteiger partial charge in [0.25, 0.3) is 5.91 Å². The molecule has 1 saturated heterocycles. The first kappa shape index (κ1) is 66.3. The minimum Gasteiger partial charge on any atom is -0.493 e. The van der Waals surface area contributed by atoms with Crippen molar-refractivity contribution in [2.45, 2.75) is 172 Å². The van der Waals surface area contributed by atoms with Crippen LogP contribution in [0.5, 0.6) is 11.9 Å². The van der Waals surface area contributed by atoms with E-state index >= 15 is 0 Å². The Labute approximate surface area is 522 Å². The topological polar surface area (TPSA) is 282 Å². The van der Waals surface area contributed by atoms with Gasteiger partial charge in [0.1, 0.15) is 49.6 Å². The number of benzene rings is 4. The van der Waals surface area contributed by atoms with Gasteiger partial charge in [0.05, 0.1) is 41.5 Å². The van der Waals surface area contributed by atoms with Crippen molar-refractivity contribution in [1.82, 2.24) is 15.3 Å². The van der Waals surface area contributed by atoms with Gasteiger partial charge >= 0.3 is 29.9 Å². The molecule has 13 unspecified atom stereocenters. The molecule has 5 aromatic rings. The first-order chi connectivity index (χ1) is 43.8. The molecular formula is C68H79N3O19. The van der Waals surface area contributed by atoms with Gasteiger partial charge in [-0.2, -0.15) is 9.97 Å². The third kappa shape index (κ3) is 18.1. The fourth-order valence-electron chi connectivity index (χ4n) is 11.4. The van der Waals surface area contributed by atoms with Crippen LogP contribution in [0.2, 0.25) is 0 Å². The van der Waals surface area contributed by atoms with Crippen LogP contribution in [0.15, 0.2) is 139 Å². The Hall–Kier alpha value is -8.12. The molecule has 4 aromatic carbocycles. The molecule has 1 amide bonds. The molecule has 3 heterocycles. The minimum atomic E-state index is -1.85. The van der Waals surface area contributed by atoms with E-state index in [0.29, 0.717) is 37.7 Å². The Bertz CT molecular complexity index is 3130. The van der Waals surface area contributed by atoms with Crippen LogP contribution in [-0.4, -0.2) is 150 Å². The molecule has 0 radical (unpaired) electrons. The maximum atomic E-state index is 15.0. The van der Waals surface area contributed by atoms with E-state index in [4.69, 9.17) is 52.1 Å². The maximum absolute atomic E-state index is 15.0.